The summed E-state index contributed by atoms with van der Waals surface area (Å²) in [6, 6.07) is 0.480. The van der Waals surface area contributed by atoms with E-state index in [4.69, 9.17) is 4.74 Å². The highest BCUT2D eigenvalue weighted by molar-refractivity contribution is 4.85. The molecule has 0 spiro atoms. The summed E-state index contributed by atoms with van der Waals surface area (Å²) in [7, 11) is 0. The minimum Gasteiger partial charge on any atom is -0.374 e. The zero-order valence-corrected chi connectivity index (χ0v) is 13.3. The Hall–Kier alpha value is -0.0800. The van der Waals surface area contributed by atoms with Crippen molar-refractivity contribution in [2.45, 2.75) is 91.2 Å². The molecule has 1 atom stereocenters. The number of unbranched alkanes of at least 4 members (excludes halogenated alkanes) is 5. The van der Waals surface area contributed by atoms with Crippen LogP contribution in [0, 0.1) is 0 Å². The van der Waals surface area contributed by atoms with Crippen LogP contribution >= 0.6 is 0 Å². The second kappa shape index (κ2) is 10.8. The summed E-state index contributed by atoms with van der Waals surface area (Å²) in [5.41, 5.74) is -0.0474. The molecule has 0 aromatic carbocycles. The fourth-order valence-corrected chi connectivity index (χ4v) is 2.54. The van der Waals surface area contributed by atoms with Gasteiger partial charge in [-0.25, -0.2) is 0 Å². The Bertz CT molecular complexity index is 180. The van der Waals surface area contributed by atoms with Crippen LogP contribution in [-0.4, -0.2) is 24.8 Å². The highest BCUT2D eigenvalue weighted by Gasteiger charge is 2.28. The molecule has 2 heteroatoms. The molecule has 1 unspecified atom stereocenters. The summed E-state index contributed by atoms with van der Waals surface area (Å²) in [6.45, 7) is 12.8. The lowest BCUT2D eigenvalue weighted by Gasteiger charge is -2.35. The summed E-state index contributed by atoms with van der Waals surface area (Å²) < 4.78 is 5.88. The van der Waals surface area contributed by atoms with Crippen molar-refractivity contribution in [3.8, 4) is 0 Å². The lowest BCUT2D eigenvalue weighted by atomic mass is 9.92. The van der Waals surface area contributed by atoms with E-state index in [9.17, 15) is 0 Å². The van der Waals surface area contributed by atoms with Gasteiger partial charge in [0.25, 0.3) is 0 Å². The Morgan fingerprint density at radius 1 is 0.944 bits per heavy atom. The van der Waals surface area contributed by atoms with Crippen LogP contribution in [0.1, 0.15) is 79.6 Å². The summed E-state index contributed by atoms with van der Waals surface area (Å²) >= 11 is 0. The molecule has 0 saturated heterocycles. The lowest BCUT2D eigenvalue weighted by Crippen LogP contribution is -2.48. The van der Waals surface area contributed by atoms with Gasteiger partial charge in [-0.15, -0.1) is 0 Å². The van der Waals surface area contributed by atoms with Gasteiger partial charge in [0.2, 0.25) is 0 Å². The fraction of sp³-hybridized carbons (Fsp3) is 1.00. The Morgan fingerprint density at radius 2 is 1.56 bits per heavy atom. The maximum absolute atomic E-state index is 5.88. The molecule has 0 saturated carbocycles. The zero-order chi connectivity index (χ0) is 13.9. The molecule has 1 N–H and O–H groups in total. The molecule has 0 aliphatic carbocycles. The molecule has 0 heterocycles. The van der Waals surface area contributed by atoms with Crippen LogP contribution in [0.15, 0.2) is 0 Å². The first-order chi connectivity index (χ1) is 8.58. The van der Waals surface area contributed by atoms with E-state index in [2.05, 4.69) is 39.9 Å². The van der Waals surface area contributed by atoms with Crippen molar-refractivity contribution in [3.05, 3.63) is 0 Å². The quantitative estimate of drug-likeness (QED) is 0.519. The van der Waals surface area contributed by atoms with Crippen LogP contribution in [0.5, 0.6) is 0 Å². The monoisotopic (exact) mass is 257 g/mol. The summed E-state index contributed by atoms with van der Waals surface area (Å²) in [6.07, 6.45) is 9.42. The minimum absolute atomic E-state index is 0.0474. The van der Waals surface area contributed by atoms with Gasteiger partial charge in [0.15, 0.2) is 0 Å². The highest BCUT2D eigenvalue weighted by Crippen LogP contribution is 2.20. The smallest absolute Gasteiger partial charge is 0.0778 e. The van der Waals surface area contributed by atoms with E-state index >= 15 is 0 Å². The third kappa shape index (κ3) is 8.10. The Kier molecular flexibility index (Phi) is 10.8. The maximum atomic E-state index is 5.88. The van der Waals surface area contributed by atoms with Crippen LogP contribution in [0.2, 0.25) is 0 Å². The fourth-order valence-electron chi connectivity index (χ4n) is 2.54. The highest BCUT2D eigenvalue weighted by atomic mass is 16.5. The molecule has 0 fully saturated rings. The van der Waals surface area contributed by atoms with E-state index in [1.54, 1.807) is 0 Å². The van der Waals surface area contributed by atoms with Crippen LogP contribution in [0.25, 0.3) is 0 Å². The van der Waals surface area contributed by atoms with Crippen LogP contribution < -0.4 is 5.32 Å². The zero-order valence-electron chi connectivity index (χ0n) is 13.3. The predicted octanol–water partition coefficient (Wildman–Crippen LogP) is 4.53. The standard InChI is InChI=1S/C16H35NO/c1-6-9-10-11-12-13-14-15(17-7-2)16(4,5)18-8-3/h15,17H,6-14H2,1-5H3. The molecule has 110 valence electrons. The SMILES string of the molecule is CCCCCCCCC(NCC)C(C)(C)OCC. The van der Waals surface area contributed by atoms with Crippen molar-refractivity contribution in [2.75, 3.05) is 13.2 Å². The van der Waals surface area contributed by atoms with E-state index in [1.165, 1.54) is 44.9 Å². The van der Waals surface area contributed by atoms with Crippen molar-refractivity contribution >= 4 is 0 Å². The number of ether oxygens (including phenoxy) is 1. The van der Waals surface area contributed by atoms with Gasteiger partial charge >= 0.3 is 0 Å². The second-order valence-electron chi connectivity index (χ2n) is 5.70. The van der Waals surface area contributed by atoms with E-state index in [0.29, 0.717) is 6.04 Å². The average molecular weight is 257 g/mol. The van der Waals surface area contributed by atoms with Gasteiger partial charge in [0.05, 0.1) is 5.60 Å². The van der Waals surface area contributed by atoms with Gasteiger partial charge < -0.3 is 10.1 Å². The Balaban J connectivity index is 3.89. The van der Waals surface area contributed by atoms with Gasteiger partial charge in [-0.2, -0.15) is 0 Å². The molecule has 0 aliphatic rings. The third-order valence-electron chi connectivity index (χ3n) is 3.65. The number of rotatable bonds is 12. The van der Waals surface area contributed by atoms with Crippen LogP contribution in [0.3, 0.4) is 0 Å². The first-order valence-electron chi connectivity index (χ1n) is 7.95. The topological polar surface area (TPSA) is 21.3 Å². The minimum atomic E-state index is -0.0474. The van der Waals surface area contributed by atoms with E-state index in [-0.39, 0.29) is 5.60 Å². The van der Waals surface area contributed by atoms with Crippen molar-refractivity contribution in [1.82, 2.24) is 5.32 Å². The van der Waals surface area contributed by atoms with Gasteiger partial charge in [-0.1, -0.05) is 52.4 Å². The van der Waals surface area contributed by atoms with Crippen molar-refractivity contribution < 1.29 is 4.74 Å². The number of nitrogens with one attached hydrogen (secondary N) is 1. The molecule has 2 nitrogen and oxygen atoms in total. The Labute approximate surface area is 115 Å². The van der Waals surface area contributed by atoms with Gasteiger partial charge in [0.1, 0.15) is 0 Å². The van der Waals surface area contributed by atoms with Crippen LogP contribution in [-0.2, 0) is 4.74 Å². The van der Waals surface area contributed by atoms with Gasteiger partial charge in [0, 0.05) is 12.6 Å². The molecule has 0 radical (unpaired) electrons. The van der Waals surface area contributed by atoms with Crippen molar-refractivity contribution in [1.29, 1.82) is 0 Å². The van der Waals surface area contributed by atoms with Crippen molar-refractivity contribution in [2.24, 2.45) is 0 Å². The number of hydrogen-bond donors (Lipinski definition) is 1. The first-order valence-corrected chi connectivity index (χ1v) is 7.95. The van der Waals surface area contributed by atoms with Gasteiger partial charge in [-0.3, -0.25) is 0 Å². The molecular weight excluding hydrogens is 222 g/mol. The Morgan fingerprint density at radius 3 is 2.11 bits per heavy atom. The molecular formula is C16H35NO. The molecule has 18 heavy (non-hydrogen) atoms. The number of hydrogen-bond acceptors (Lipinski definition) is 2. The van der Waals surface area contributed by atoms with E-state index < -0.39 is 0 Å². The lowest BCUT2D eigenvalue weighted by molar-refractivity contribution is -0.0402. The number of likely N-dealkylation sites (N-methyl/N-ethyl adjacent to an activating group) is 1. The van der Waals surface area contributed by atoms with Gasteiger partial charge in [-0.05, 0) is 33.7 Å². The average Bonchev–Trinajstić information content (AvgIpc) is 2.32. The summed E-state index contributed by atoms with van der Waals surface area (Å²) in [5.74, 6) is 0. The van der Waals surface area contributed by atoms with E-state index in [0.717, 1.165) is 13.2 Å². The van der Waals surface area contributed by atoms with Crippen molar-refractivity contribution in [3.63, 3.8) is 0 Å². The molecule has 0 aromatic rings. The summed E-state index contributed by atoms with van der Waals surface area (Å²) in [5, 5.41) is 3.58. The first kappa shape index (κ1) is 17.9. The molecule has 0 aliphatic heterocycles. The van der Waals surface area contributed by atoms with Crippen LogP contribution in [0.4, 0.5) is 0 Å². The predicted molar refractivity (Wildman–Crippen MR) is 81.2 cm³/mol. The molecule has 0 amide bonds. The molecule has 0 aromatic heterocycles. The normalized spacial score (nSPS) is 13.8. The third-order valence-corrected chi connectivity index (χ3v) is 3.65. The molecule has 0 bridgehead atoms. The second-order valence-corrected chi connectivity index (χ2v) is 5.70. The maximum Gasteiger partial charge on any atom is 0.0778 e. The molecule has 0 rings (SSSR count). The summed E-state index contributed by atoms with van der Waals surface area (Å²) in [4.78, 5) is 0. The largest absolute Gasteiger partial charge is 0.374 e. The van der Waals surface area contributed by atoms with E-state index in [1.807, 2.05) is 0 Å².